The number of aromatic amines is 1. The second kappa shape index (κ2) is 9.50. The summed E-state index contributed by atoms with van der Waals surface area (Å²) in [6.07, 6.45) is -0.374. The molecule has 0 bridgehead atoms. The summed E-state index contributed by atoms with van der Waals surface area (Å²) in [7, 11) is 0. The quantitative estimate of drug-likeness (QED) is 0.706. The number of benzene rings is 1. The second-order valence-corrected chi connectivity index (χ2v) is 5.81. The van der Waals surface area contributed by atoms with Gasteiger partial charge in [-0.1, -0.05) is 30.3 Å². The Bertz CT molecular complexity index is 934. The molecule has 0 saturated carbocycles. The Morgan fingerprint density at radius 1 is 1.04 bits per heavy atom. The molecule has 8 heteroatoms. The van der Waals surface area contributed by atoms with Crippen molar-refractivity contribution in [2.24, 2.45) is 0 Å². The molecule has 0 radical (unpaired) electrons. The number of hydrogen-bond acceptors (Lipinski definition) is 6. The largest absolute Gasteiger partial charge is 0.466 e. The van der Waals surface area contributed by atoms with Crippen LogP contribution in [0.25, 0.3) is 11.3 Å². The van der Waals surface area contributed by atoms with E-state index in [1.807, 2.05) is 0 Å². The Morgan fingerprint density at radius 2 is 1.68 bits per heavy atom. The minimum absolute atomic E-state index is 0.00412. The molecular formula is C20H22N2O6. The maximum atomic E-state index is 12.7. The first kappa shape index (κ1) is 20.9. The van der Waals surface area contributed by atoms with Gasteiger partial charge >= 0.3 is 11.9 Å². The number of nitrogens with one attached hydrogen (secondary N) is 2. The lowest BCUT2D eigenvalue weighted by Gasteiger charge is -2.17. The van der Waals surface area contributed by atoms with Crippen LogP contribution in [0, 0.1) is 0 Å². The van der Waals surface area contributed by atoms with E-state index >= 15 is 0 Å². The van der Waals surface area contributed by atoms with Crippen molar-refractivity contribution in [2.45, 2.75) is 27.2 Å². The van der Waals surface area contributed by atoms with Gasteiger partial charge in [0, 0.05) is 12.5 Å². The Balaban J connectivity index is 2.81. The molecule has 0 saturated heterocycles. The van der Waals surface area contributed by atoms with Crippen LogP contribution >= 0.6 is 0 Å². The van der Waals surface area contributed by atoms with Crippen LogP contribution in [0.3, 0.4) is 0 Å². The van der Waals surface area contributed by atoms with Gasteiger partial charge < -0.3 is 19.8 Å². The molecule has 2 N–H and O–H groups in total. The van der Waals surface area contributed by atoms with Crippen LogP contribution in [-0.4, -0.2) is 36.0 Å². The number of hydrogen-bond donors (Lipinski definition) is 2. The summed E-state index contributed by atoms with van der Waals surface area (Å²) >= 11 is 0. The zero-order valence-electron chi connectivity index (χ0n) is 16.0. The monoisotopic (exact) mass is 386 g/mol. The van der Waals surface area contributed by atoms with Gasteiger partial charge in [-0.05, 0) is 19.4 Å². The Morgan fingerprint density at radius 3 is 2.25 bits per heavy atom. The molecule has 0 fully saturated rings. The van der Waals surface area contributed by atoms with E-state index in [1.165, 1.54) is 6.92 Å². The Kier molecular flexibility index (Phi) is 7.08. The van der Waals surface area contributed by atoms with Gasteiger partial charge in [-0.15, -0.1) is 0 Å². The van der Waals surface area contributed by atoms with Gasteiger partial charge in [0.1, 0.15) is 5.69 Å². The van der Waals surface area contributed by atoms with E-state index in [4.69, 9.17) is 9.47 Å². The number of esters is 2. The van der Waals surface area contributed by atoms with E-state index < -0.39 is 23.4 Å². The molecule has 0 aliphatic rings. The molecule has 0 atom stereocenters. The lowest BCUT2D eigenvalue weighted by molar-refractivity contribution is -0.142. The average Bonchev–Trinajstić information content (AvgIpc) is 2.65. The van der Waals surface area contributed by atoms with Crippen molar-refractivity contribution in [1.29, 1.82) is 0 Å². The van der Waals surface area contributed by atoms with E-state index in [9.17, 15) is 19.2 Å². The summed E-state index contributed by atoms with van der Waals surface area (Å²) in [5.74, 6) is -1.87. The third kappa shape index (κ3) is 4.85. The van der Waals surface area contributed by atoms with Crippen LogP contribution < -0.4 is 10.9 Å². The molecule has 0 aliphatic heterocycles. The van der Waals surface area contributed by atoms with Crippen molar-refractivity contribution >= 4 is 23.5 Å². The van der Waals surface area contributed by atoms with Crippen LogP contribution in [0.2, 0.25) is 0 Å². The number of ether oxygens (including phenoxy) is 2. The summed E-state index contributed by atoms with van der Waals surface area (Å²) in [5.41, 5.74) is 0.00318. The van der Waals surface area contributed by atoms with Gasteiger partial charge in [0.15, 0.2) is 0 Å². The van der Waals surface area contributed by atoms with Crippen molar-refractivity contribution in [1.82, 2.24) is 4.98 Å². The zero-order chi connectivity index (χ0) is 20.7. The van der Waals surface area contributed by atoms with Crippen molar-refractivity contribution in [3.63, 3.8) is 0 Å². The van der Waals surface area contributed by atoms with Crippen molar-refractivity contribution in [2.75, 3.05) is 18.5 Å². The highest BCUT2D eigenvalue weighted by atomic mass is 16.5. The van der Waals surface area contributed by atoms with Gasteiger partial charge in [0.05, 0.1) is 30.9 Å². The van der Waals surface area contributed by atoms with E-state index in [1.54, 1.807) is 44.2 Å². The first-order chi connectivity index (χ1) is 13.4. The van der Waals surface area contributed by atoms with Crippen LogP contribution in [0.5, 0.6) is 0 Å². The highest BCUT2D eigenvalue weighted by Gasteiger charge is 2.27. The molecule has 1 heterocycles. The molecule has 0 unspecified atom stereocenters. The predicted octanol–water partition coefficient (Wildman–Crippen LogP) is 2.28. The first-order valence-electron chi connectivity index (χ1n) is 8.83. The molecule has 28 heavy (non-hydrogen) atoms. The standard InChI is InChI=1S/C20H22N2O6/c1-4-27-15(24)11-14-16(20(26)28-5-2)17(13-9-7-6-8-10-13)22-19(25)18(14)21-12(3)23/h6-10H,4-5,11H2,1-3H3,(H,21,23)(H,22,25). The fourth-order valence-corrected chi connectivity index (χ4v) is 2.74. The molecule has 2 rings (SSSR count). The molecule has 0 aliphatic carbocycles. The summed E-state index contributed by atoms with van der Waals surface area (Å²) in [4.78, 5) is 51.8. The number of rotatable bonds is 7. The van der Waals surface area contributed by atoms with Crippen molar-refractivity contribution < 1.29 is 23.9 Å². The first-order valence-corrected chi connectivity index (χ1v) is 8.83. The highest BCUT2D eigenvalue weighted by molar-refractivity contribution is 6.02. The van der Waals surface area contributed by atoms with E-state index in [2.05, 4.69) is 10.3 Å². The number of aromatic nitrogens is 1. The van der Waals surface area contributed by atoms with Gasteiger partial charge in [-0.2, -0.15) is 0 Å². The smallest absolute Gasteiger partial charge is 0.340 e. The molecular weight excluding hydrogens is 364 g/mol. The maximum absolute atomic E-state index is 12.7. The number of anilines is 1. The van der Waals surface area contributed by atoms with E-state index in [-0.39, 0.29) is 42.1 Å². The summed E-state index contributed by atoms with van der Waals surface area (Å²) < 4.78 is 10.1. The van der Waals surface area contributed by atoms with Gasteiger partial charge in [0.25, 0.3) is 5.56 Å². The minimum Gasteiger partial charge on any atom is -0.466 e. The summed E-state index contributed by atoms with van der Waals surface area (Å²) in [5, 5.41) is 2.41. The predicted molar refractivity (Wildman–Crippen MR) is 103 cm³/mol. The fourth-order valence-electron chi connectivity index (χ4n) is 2.74. The van der Waals surface area contributed by atoms with Crippen molar-refractivity contribution in [3.8, 4) is 11.3 Å². The molecule has 1 aromatic carbocycles. The normalized spacial score (nSPS) is 10.2. The number of H-pyrrole nitrogens is 1. The van der Waals surface area contributed by atoms with E-state index in [0.717, 1.165) is 0 Å². The minimum atomic E-state index is -0.719. The number of pyridine rings is 1. The zero-order valence-corrected chi connectivity index (χ0v) is 16.0. The highest BCUT2D eigenvalue weighted by Crippen LogP contribution is 2.28. The third-order valence-corrected chi connectivity index (χ3v) is 3.79. The van der Waals surface area contributed by atoms with Gasteiger partial charge in [0.2, 0.25) is 5.91 Å². The topological polar surface area (TPSA) is 115 Å². The molecule has 1 amide bonds. The lowest BCUT2D eigenvalue weighted by atomic mass is 9.97. The number of carbonyl (C=O) groups excluding carboxylic acids is 3. The van der Waals surface area contributed by atoms with Gasteiger partial charge in [-0.3, -0.25) is 14.4 Å². The van der Waals surface area contributed by atoms with Crippen molar-refractivity contribution in [3.05, 3.63) is 51.8 Å². The maximum Gasteiger partial charge on any atom is 0.340 e. The Labute approximate surface area is 161 Å². The summed E-state index contributed by atoms with van der Waals surface area (Å²) in [6, 6.07) is 8.70. The van der Waals surface area contributed by atoms with Crippen LogP contribution in [0.4, 0.5) is 5.69 Å². The molecule has 8 nitrogen and oxygen atoms in total. The molecule has 2 aromatic rings. The van der Waals surface area contributed by atoms with Crippen LogP contribution in [0.15, 0.2) is 35.1 Å². The fraction of sp³-hybridized carbons (Fsp3) is 0.300. The lowest BCUT2D eigenvalue weighted by Crippen LogP contribution is -2.26. The summed E-state index contributed by atoms with van der Waals surface area (Å²) in [6.45, 7) is 4.75. The van der Waals surface area contributed by atoms with Gasteiger partial charge in [-0.25, -0.2) is 4.79 Å². The average molecular weight is 386 g/mol. The molecule has 0 spiro atoms. The van der Waals surface area contributed by atoms with E-state index in [0.29, 0.717) is 5.56 Å². The van der Waals surface area contributed by atoms with Crippen LogP contribution in [0.1, 0.15) is 36.7 Å². The number of carbonyl (C=O) groups is 3. The Hall–Kier alpha value is -3.42. The SMILES string of the molecule is CCOC(=O)Cc1c(C(=O)OCC)c(-c2ccccc2)[nH]c(=O)c1NC(C)=O. The van der Waals surface area contributed by atoms with Crippen LogP contribution in [-0.2, 0) is 25.5 Å². The third-order valence-electron chi connectivity index (χ3n) is 3.79. The molecule has 1 aromatic heterocycles. The molecule has 148 valence electrons. The number of amides is 1. The second-order valence-electron chi connectivity index (χ2n) is 5.81.